The maximum absolute atomic E-state index is 15.7. The van der Waals surface area contributed by atoms with Gasteiger partial charge < -0.3 is 45.3 Å². The highest BCUT2D eigenvalue weighted by Gasteiger charge is 2.53. The summed E-state index contributed by atoms with van der Waals surface area (Å²) in [4.78, 5) is 37.7. The number of aliphatic hydroxyl groups excluding tert-OH is 1. The molecule has 0 aliphatic carbocycles. The van der Waals surface area contributed by atoms with E-state index in [1.807, 2.05) is 0 Å². The molecule has 3 aliphatic heterocycles. The Kier molecular flexibility index (Phi) is 8.82. The summed E-state index contributed by atoms with van der Waals surface area (Å²) in [5, 5.41) is 20.4. The SMILES string of the molecule is Nc1nc2c(ncn2[C@@H]2O[C@H](CO)C[C@H]2OP(O)(=S)OC[C@H]2O[C@@H](n3nnc4c3NC=NC4N)[C@@H](F)[C@@H]2O[P+](=O)S)c(=O)[nH]1. The van der Waals surface area contributed by atoms with Crippen molar-refractivity contribution in [2.24, 2.45) is 10.7 Å². The van der Waals surface area contributed by atoms with Gasteiger partial charge in [-0.25, -0.2) is 9.37 Å². The summed E-state index contributed by atoms with van der Waals surface area (Å²) in [6, 6.07) is 0. The molecular formula is C19H25FN11O9P2S2+. The number of alkyl halides is 1. The lowest BCUT2D eigenvalue weighted by Gasteiger charge is -2.25. The van der Waals surface area contributed by atoms with Crippen LogP contribution in [0.5, 0.6) is 0 Å². The summed E-state index contributed by atoms with van der Waals surface area (Å²) in [6.45, 7) is -5.11. The fraction of sp³-hybridized carbons (Fsp3) is 0.579. The van der Waals surface area contributed by atoms with Crippen LogP contribution in [0, 0.1) is 0 Å². The van der Waals surface area contributed by atoms with Crippen molar-refractivity contribution in [2.45, 2.75) is 55.6 Å². The Balaban J connectivity index is 1.19. The van der Waals surface area contributed by atoms with Gasteiger partial charge in [-0.2, -0.15) is 9.67 Å². The van der Waals surface area contributed by atoms with Crippen LogP contribution in [0.3, 0.4) is 0 Å². The number of thiol groups is 1. The third-order valence-electron chi connectivity index (χ3n) is 6.90. The topological polar surface area (TPSA) is 274 Å². The summed E-state index contributed by atoms with van der Waals surface area (Å²) >= 11 is 8.95. The van der Waals surface area contributed by atoms with E-state index in [1.165, 1.54) is 17.2 Å². The van der Waals surface area contributed by atoms with Gasteiger partial charge in [-0.3, -0.25) is 19.3 Å². The van der Waals surface area contributed by atoms with Gasteiger partial charge in [-0.15, -0.1) is 9.62 Å². The standard InChI is InChI=1S/C19H24FN11O9P2S2/c20-9-12(39-41(34)43)8(38-18(9)31-14-10(28-29-31)13(21)23-4-24-14)3-36-42(35,44)40-7-1-6(2-32)37-17(7)30-5-25-11-15(30)26-19(22)27-16(11)33/h4-9,12-13,17-18,32H,1-3,21H2,(H5-,22,23,24,26,27,29,33,34,35,43,44)/p+1/t6-,7+,8+,9-,12+,13?,17+,18+,42?/m0/s1. The Hall–Kier alpha value is -2.53. The Labute approximate surface area is 256 Å². The predicted octanol–water partition coefficient (Wildman–Crippen LogP) is -0.489. The number of aliphatic imine (C=N–C) groups is 1. The maximum Gasteiger partial charge on any atom is 0.582 e. The smallest absolute Gasteiger partial charge is 0.394 e. The lowest BCUT2D eigenvalue weighted by molar-refractivity contribution is -0.0564. The molecule has 0 bridgehead atoms. The number of nitrogens with one attached hydrogen (secondary N) is 2. The Morgan fingerprint density at radius 1 is 1.36 bits per heavy atom. The fourth-order valence-corrected chi connectivity index (χ4v) is 7.23. The van der Waals surface area contributed by atoms with Gasteiger partial charge in [-0.05, 0) is 16.4 Å². The van der Waals surface area contributed by atoms with Gasteiger partial charge >= 0.3 is 13.9 Å². The van der Waals surface area contributed by atoms with Crippen molar-refractivity contribution in [3.8, 4) is 0 Å². The molecule has 0 aromatic carbocycles. The lowest BCUT2D eigenvalue weighted by Crippen LogP contribution is -2.33. The van der Waals surface area contributed by atoms with E-state index in [1.54, 1.807) is 0 Å². The van der Waals surface area contributed by atoms with E-state index < -0.39 is 81.9 Å². The molecule has 3 aromatic heterocycles. The minimum Gasteiger partial charge on any atom is -0.394 e. The molecule has 3 aliphatic rings. The van der Waals surface area contributed by atoms with Crippen molar-refractivity contribution >= 4 is 67.3 Å². The third kappa shape index (κ3) is 6.02. The maximum atomic E-state index is 15.7. The van der Waals surface area contributed by atoms with Crippen molar-refractivity contribution in [1.82, 2.24) is 34.5 Å². The largest absolute Gasteiger partial charge is 0.582 e. The van der Waals surface area contributed by atoms with Crippen molar-refractivity contribution in [3.63, 3.8) is 0 Å². The zero-order chi connectivity index (χ0) is 31.3. The molecule has 2 saturated heterocycles. The average molecular weight is 697 g/mol. The van der Waals surface area contributed by atoms with Crippen molar-refractivity contribution in [3.05, 3.63) is 22.4 Å². The quantitative estimate of drug-likeness (QED) is 0.104. The number of H-pyrrole nitrogens is 1. The zero-order valence-corrected chi connectivity index (χ0v) is 25.6. The summed E-state index contributed by atoms with van der Waals surface area (Å²) in [5.41, 5.74) is 11.3. The van der Waals surface area contributed by atoms with Crippen LogP contribution < -0.4 is 22.3 Å². The summed E-state index contributed by atoms with van der Waals surface area (Å²) in [5.74, 6) is 0.0512. The molecule has 25 heteroatoms. The number of nitrogens with two attached hydrogens (primary N) is 2. The van der Waals surface area contributed by atoms with Crippen molar-refractivity contribution in [1.29, 1.82) is 0 Å². The van der Waals surface area contributed by atoms with E-state index in [4.69, 9.17) is 46.3 Å². The number of imidazole rings is 1. The van der Waals surface area contributed by atoms with Crippen molar-refractivity contribution < 1.29 is 42.0 Å². The highest BCUT2D eigenvalue weighted by molar-refractivity contribution is 8.39. The molecule has 238 valence electrons. The van der Waals surface area contributed by atoms with Crippen LogP contribution >= 0.6 is 26.2 Å². The predicted molar refractivity (Wildman–Crippen MR) is 155 cm³/mol. The van der Waals surface area contributed by atoms with Gasteiger partial charge in [-0.1, -0.05) is 5.21 Å². The molecule has 8 N–H and O–H groups in total. The monoisotopic (exact) mass is 696 g/mol. The number of anilines is 2. The number of aliphatic hydroxyl groups is 1. The van der Waals surface area contributed by atoms with Crippen LogP contribution in [0.15, 0.2) is 16.1 Å². The Morgan fingerprint density at radius 3 is 2.91 bits per heavy atom. The van der Waals surface area contributed by atoms with Gasteiger partial charge in [0.05, 0.1) is 32.0 Å². The average Bonchev–Trinajstić information content (AvgIpc) is 3.73. The van der Waals surface area contributed by atoms with E-state index in [0.29, 0.717) is 0 Å². The molecule has 0 amide bonds. The molecule has 6 heterocycles. The second-order valence-electron chi connectivity index (χ2n) is 9.70. The Bertz CT molecular complexity index is 1710. The van der Waals surface area contributed by atoms with E-state index in [9.17, 15) is 19.4 Å². The number of rotatable bonds is 10. The number of nitrogens with zero attached hydrogens (tertiary/aromatic N) is 7. The Morgan fingerprint density at radius 2 is 2.16 bits per heavy atom. The molecule has 3 unspecified atom stereocenters. The van der Waals surface area contributed by atoms with Gasteiger partial charge in [0, 0.05) is 6.42 Å². The first-order valence-corrected chi connectivity index (χ1v) is 17.6. The number of aromatic nitrogens is 7. The molecule has 10 atom stereocenters. The molecule has 0 spiro atoms. The van der Waals surface area contributed by atoms with Crippen LogP contribution in [0.1, 0.15) is 30.7 Å². The van der Waals surface area contributed by atoms with Crippen LogP contribution in [0.2, 0.25) is 0 Å². The number of halogens is 1. The molecule has 20 nitrogen and oxygen atoms in total. The molecular weight excluding hydrogens is 671 g/mol. The van der Waals surface area contributed by atoms with Crippen LogP contribution in [-0.2, 0) is 39.4 Å². The first-order chi connectivity index (χ1) is 21.0. The minimum absolute atomic E-state index is 0.0333. The van der Waals surface area contributed by atoms with Crippen LogP contribution in [-0.4, -0.2) is 94.7 Å². The number of aromatic amines is 1. The summed E-state index contributed by atoms with van der Waals surface area (Å²) < 4.78 is 58.1. The number of hydrogen-bond acceptors (Lipinski definition) is 17. The van der Waals surface area contributed by atoms with Gasteiger partial charge in [0.15, 0.2) is 41.7 Å². The molecule has 44 heavy (non-hydrogen) atoms. The minimum atomic E-state index is -4.14. The molecule has 0 saturated carbocycles. The third-order valence-corrected chi connectivity index (χ3v) is 9.19. The summed E-state index contributed by atoms with van der Waals surface area (Å²) in [7, 11) is -2.59. The number of fused-ring (bicyclic) bond motifs is 2. The highest BCUT2D eigenvalue weighted by atomic mass is 32.7. The summed E-state index contributed by atoms with van der Waals surface area (Å²) in [6.07, 6.45) is -7.20. The van der Waals surface area contributed by atoms with E-state index in [2.05, 4.69) is 47.8 Å². The van der Waals surface area contributed by atoms with Crippen LogP contribution in [0.25, 0.3) is 11.2 Å². The van der Waals surface area contributed by atoms with E-state index >= 15 is 4.39 Å². The van der Waals surface area contributed by atoms with Gasteiger partial charge in [0.1, 0.15) is 36.3 Å². The fourth-order valence-electron chi connectivity index (χ4n) is 5.00. The zero-order valence-electron chi connectivity index (χ0n) is 22.1. The van der Waals surface area contributed by atoms with Gasteiger partial charge in [0.2, 0.25) is 5.95 Å². The molecule has 3 aromatic rings. The van der Waals surface area contributed by atoms with E-state index in [-0.39, 0.29) is 35.0 Å². The number of ether oxygens (including phenoxy) is 2. The first-order valence-electron chi connectivity index (χ1n) is 12.7. The number of hydrogen-bond donors (Lipinski definition) is 7. The molecule has 2 fully saturated rings. The molecule has 0 radical (unpaired) electrons. The second kappa shape index (κ2) is 12.3. The van der Waals surface area contributed by atoms with Crippen molar-refractivity contribution in [2.75, 3.05) is 24.3 Å². The number of nitrogen functional groups attached to an aromatic ring is 1. The highest BCUT2D eigenvalue weighted by Crippen LogP contribution is 2.51. The molecule has 6 rings (SSSR count). The first kappa shape index (κ1) is 31.5. The normalized spacial score (nSPS) is 31.6. The van der Waals surface area contributed by atoms with Crippen LogP contribution in [0.4, 0.5) is 16.2 Å². The lowest BCUT2D eigenvalue weighted by atomic mass is 10.1. The van der Waals surface area contributed by atoms with E-state index in [0.717, 1.165) is 4.68 Å². The second-order valence-corrected chi connectivity index (χ2v) is 14.2. The van der Waals surface area contributed by atoms with Gasteiger partial charge in [0.25, 0.3) is 5.56 Å².